The van der Waals surface area contributed by atoms with E-state index in [1.54, 1.807) is 0 Å². The molecule has 90 valence electrons. The monoisotopic (exact) mass is 250 g/mol. The maximum absolute atomic E-state index is 12.2. The van der Waals surface area contributed by atoms with Gasteiger partial charge in [0.05, 0.1) is 10.6 Å². The molecule has 0 fully saturated rings. The van der Waals surface area contributed by atoms with Crippen molar-refractivity contribution in [2.45, 2.75) is 24.2 Å². The molecule has 0 aromatic carbocycles. The van der Waals surface area contributed by atoms with Gasteiger partial charge in [-0.3, -0.25) is 0 Å². The molecule has 1 aromatic rings. The van der Waals surface area contributed by atoms with Crippen LogP contribution in [0.25, 0.3) is 0 Å². The van der Waals surface area contributed by atoms with Gasteiger partial charge < -0.3 is 5.32 Å². The van der Waals surface area contributed by atoms with E-state index in [4.69, 9.17) is 0 Å². The zero-order valence-electron chi connectivity index (χ0n) is 9.01. The van der Waals surface area contributed by atoms with Gasteiger partial charge in [-0.2, -0.15) is 13.2 Å². The first-order chi connectivity index (χ1) is 7.43. The van der Waals surface area contributed by atoms with E-state index >= 15 is 0 Å². The second kappa shape index (κ2) is 5.54. The highest BCUT2D eigenvalue weighted by Crippen LogP contribution is 2.29. The molecule has 1 rings (SSSR count). The van der Waals surface area contributed by atoms with Gasteiger partial charge in [-0.15, -0.1) is 11.8 Å². The van der Waals surface area contributed by atoms with Gasteiger partial charge in [0, 0.05) is 18.0 Å². The van der Waals surface area contributed by atoms with Crippen LogP contribution in [0.4, 0.5) is 13.2 Å². The summed E-state index contributed by atoms with van der Waals surface area (Å²) in [4.78, 5) is 3.77. The smallest absolute Gasteiger partial charge is 0.316 e. The summed E-state index contributed by atoms with van der Waals surface area (Å²) < 4.78 is 36.7. The third-order valence-corrected chi connectivity index (χ3v) is 3.24. The number of hydrogen-bond acceptors (Lipinski definition) is 3. The van der Waals surface area contributed by atoms with Gasteiger partial charge in [-0.25, -0.2) is 4.98 Å². The molecular formula is C10H13F3N2S. The minimum absolute atomic E-state index is 0.300. The molecule has 0 saturated carbocycles. The predicted octanol–water partition coefficient (Wildman–Crippen LogP) is 2.80. The molecule has 0 saturated heterocycles. The van der Waals surface area contributed by atoms with Crippen LogP contribution >= 0.6 is 11.8 Å². The predicted molar refractivity (Wildman–Crippen MR) is 58.5 cm³/mol. The van der Waals surface area contributed by atoms with Crippen molar-refractivity contribution in [3.05, 3.63) is 23.9 Å². The van der Waals surface area contributed by atoms with Crippen LogP contribution in [-0.2, 0) is 6.18 Å². The number of alkyl halides is 3. The largest absolute Gasteiger partial charge is 0.417 e. The highest BCUT2D eigenvalue weighted by molar-refractivity contribution is 7.99. The fraction of sp³-hybridized carbons (Fsp3) is 0.500. The molecule has 0 aliphatic rings. The molecule has 0 amide bonds. The van der Waals surface area contributed by atoms with Crippen molar-refractivity contribution in [3.63, 3.8) is 0 Å². The van der Waals surface area contributed by atoms with Crippen molar-refractivity contribution in [1.29, 1.82) is 0 Å². The van der Waals surface area contributed by atoms with Crippen LogP contribution in [0.1, 0.15) is 12.5 Å². The van der Waals surface area contributed by atoms with Crippen LogP contribution in [0.15, 0.2) is 23.4 Å². The second-order valence-corrected chi connectivity index (χ2v) is 4.42. The molecule has 1 heterocycles. The lowest BCUT2D eigenvalue weighted by Crippen LogP contribution is -2.23. The summed E-state index contributed by atoms with van der Waals surface area (Å²) in [5.41, 5.74) is -0.710. The highest BCUT2D eigenvalue weighted by Gasteiger charge is 2.30. The number of thioether (sulfide) groups is 1. The topological polar surface area (TPSA) is 24.9 Å². The lowest BCUT2D eigenvalue weighted by atomic mass is 10.3. The Kier molecular flexibility index (Phi) is 4.61. The first-order valence-corrected chi connectivity index (χ1v) is 5.75. The summed E-state index contributed by atoms with van der Waals surface area (Å²) in [6.07, 6.45) is -3.44. The summed E-state index contributed by atoms with van der Waals surface area (Å²) in [5, 5.41) is 3.65. The fourth-order valence-corrected chi connectivity index (χ4v) is 1.81. The summed E-state index contributed by atoms with van der Waals surface area (Å²) in [5.74, 6) is 0.773. The van der Waals surface area contributed by atoms with Crippen molar-refractivity contribution in [3.8, 4) is 0 Å². The third kappa shape index (κ3) is 4.02. The van der Waals surface area contributed by atoms with Gasteiger partial charge in [0.1, 0.15) is 0 Å². The van der Waals surface area contributed by atoms with Crippen molar-refractivity contribution < 1.29 is 13.2 Å². The molecule has 1 N–H and O–H groups in total. The molecule has 0 bridgehead atoms. The summed E-state index contributed by atoms with van der Waals surface area (Å²) >= 11 is 1.43. The van der Waals surface area contributed by atoms with Gasteiger partial charge in [-0.1, -0.05) is 0 Å². The Morgan fingerprint density at radius 1 is 1.44 bits per heavy atom. The highest BCUT2D eigenvalue weighted by atomic mass is 32.2. The average Bonchev–Trinajstić information content (AvgIpc) is 2.25. The van der Waals surface area contributed by atoms with Crippen LogP contribution in [-0.4, -0.2) is 23.8 Å². The quantitative estimate of drug-likeness (QED) is 0.832. The Balaban J connectivity index is 2.58. The van der Waals surface area contributed by atoms with Gasteiger partial charge in [0.25, 0.3) is 0 Å². The Morgan fingerprint density at radius 2 is 2.12 bits per heavy atom. The number of hydrogen-bond donors (Lipinski definition) is 1. The summed E-state index contributed by atoms with van der Waals surface area (Å²) in [6, 6.07) is 2.75. The molecular weight excluding hydrogens is 237 g/mol. The molecule has 0 aliphatic heterocycles. The van der Waals surface area contributed by atoms with Crippen LogP contribution < -0.4 is 5.32 Å². The summed E-state index contributed by atoms with van der Waals surface area (Å²) in [6.45, 7) is 2.00. The molecule has 2 nitrogen and oxygen atoms in total. The number of nitrogens with zero attached hydrogens (tertiary/aromatic N) is 1. The van der Waals surface area contributed by atoms with Crippen molar-refractivity contribution in [2.75, 3.05) is 12.8 Å². The van der Waals surface area contributed by atoms with E-state index in [9.17, 15) is 13.2 Å². The van der Waals surface area contributed by atoms with E-state index in [1.165, 1.54) is 17.8 Å². The van der Waals surface area contributed by atoms with E-state index in [1.807, 2.05) is 14.0 Å². The van der Waals surface area contributed by atoms with E-state index in [0.29, 0.717) is 11.1 Å². The molecule has 0 spiro atoms. The molecule has 1 atom stereocenters. The van der Waals surface area contributed by atoms with Crippen molar-refractivity contribution >= 4 is 11.8 Å². The van der Waals surface area contributed by atoms with E-state index in [0.717, 1.165) is 18.0 Å². The van der Waals surface area contributed by atoms with E-state index in [2.05, 4.69) is 10.3 Å². The van der Waals surface area contributed by atoms with E-state index in [-0.39, 0.29) is 0 Å². The Labute approximate surface area is 96.6 Å². The summed E-state index contributed by atoms with van der Waals surface area (Å²) in [7, 11) is 1.84. The normalized spacial score (nSPS) is 13.8. The molecule has 1 aromatic heterocycles. The minimum Gasteiger partial charge on any atom is -0.316 e. The number of nitrogens with one attached hydrogen (secondary N) is 1. The molecule has 6 heteroatoms. The van der Waals surface area contributed by atoms with Crippen molar-refractivity contribution in [2.24, 2.45) is 0 Å². The standard InChI is InChI=1S/C10H13F3N2S/c1-7(14-2)6-16-9-4-3-8(5-15-9)10(11,12)13/h3-5,7,14H,6H2,1-2H3. The molecule has 1 unspecified atom stereocenters. The van der Waals surface area contributed by atoms with Gasteiger partial charge in [0.15, 0.2) is 0 Å². The third-order valence-electron chi connectivity index (χ3n) is 2.04. The number of halogens is 3. The molecule has 16 heavy (non-hydrogen) atoms. The van der Waals surface area contributed by atoms with Crippen LogP contribution in [0.3, 0.4) is 0 Å². The average molecular weight is 250 g/mol. The van der Waals surface area contributed by atoms with E-state index < -0.39 is 11.7 Å². The lowest BCUT2D eigenvalue weighted by Gasteiger charge is -2.09. The van der Waals surface area contributed by atoms with Crippen LogP contribution in [0, 0.1) is 0 Å². The number of rotatable bonds is 4. The zero-order valence-corrected chi connectivity index (χ0v) is 9.82. The van der Waals surface area contributed by atoms with Gasteiger partial charge in [-0.05, 0) is 26.1 Å². The maximum atomic E-state index is 12.2. The Bertz CT molecular complexity index is 324. The second-order valence-electron chi connectivity index (χ2n) is 3.38. The minimum atomic E-state index is -4.31. The first-order valence-electron chi connectivity index (χ1n) is 4.77. The molecule has 0 aliphatic carbocycles. The van der Waals surface area contributed by atoms with Gasteiger partial charge in [0.2, 0.25) is 0 Å². The lowest BCUT2D eigenvalue weighted by molar-refractivity contribution is -0.137. The zero-order chi connectivity index (χ0) is 12.2. The Hall–Kier alpha value is -0.750. The number of pyridine rings is 1. The van der Waals surface area contributed by atoms with Gasteiger partial charge >= 0.3 is 6.18 Å². The van der Waals surface area contributed by atoms with Crippen LogP contribution in [0.5, 0.6) is 0 Å². The van der Waals surface area contributed by atoms with Crippen LogP contribution in [0.2, 0.25) is 0 Å². The molecule has 0 radical (unpaired) electrons. The Morgan fingerprint density at radius 3 is 2.56 bits per heavy atom. The van der Waals surface area contributed by atoms with Crippen molar-refractivity contribution in [1.82, 2.24) is 10.3 Å². The SMILES string of the molecule is CNC(C)CSc1ccc(C(F)(F)F)cn1. The fourth-order valence-electron chi connectivity index (χ4n) is 0.927. The number of aromatic nitrogens is 1. The first kappa shape index (κ1) is 13.3. The maximum Gasteiger partial charge on any atom is 0.417 e.